The number of ether oxygens (including phenoxy) is 1. The van der Waals surface area contributed by atoms with Crippen LogP contribution in [0.3, 0.4) is 0 Å². The Balaban J connectivity index is 1.63. The van der Waals surface area contributed by atoms with Crippen LogP contribution in [0.15, 0.2) is 53.7 Å². The molecule has 10 heteroatoms. The predicted octanol–water partition coefficient (Wildman–Crippen LogP) is 4.18. The lowest BCUT2D eigenvalue weighted by Gasteiger charge is -2.15. The normalized spacial score (nSPS) is 11.6. The number of halogens is 1. The van der Waals surface area contributed by atoms with Crippen molar-refractivity contribution in [2.75, 3.05) is 18.2 Å². The van der Waals surface area contributed by atoms with Gasteiger partial charge in [-0.25, -0.2) is 0 Å². The number of para-hydroxylation sites is 2. The van der Waals surface area contributed by atoms with Crippen molar-refractivity contribution in [2.24, 2.45) is 0 Å². The van der Waals surface area contributed by atoms with Crippen molar-refractivity contribution in [1.82, 2.24) is 20.1 Å². The highest BCUT2D eigenvalue weighted by Gasteiger charge is 2.20. The molecule has 0 bridgehead atoms. The molecule has 8 nitrogen and oxygen atoms in total. The number of benzene rings is 2. The first kappa shape index (κ1) is 23.6. The average molecular weight is 474 g/mol. The average Bonchev–Trinajstić information content (AvgIpc) is 3.21. The van der Waals surface area contributed by atoms with Gasteiger partial charge in [0.2, 0.25) is 5.91 Å². The Hall–Kier alpha value is -3.04. The second-order valence-corrected chi connectivity index (χ2v) is 8.20. The van der Waals surface area contributed by atoms with Gasteiger partial charge >= 0.3 is 0 Å². The summed E-state index contributed by atoms with van der Waals surface area (Å²) in [5.41, 5.74) is 1.11. The number of aromatic nitrogens is 3. The number of rotatable bonds is 9. The quantitative estimate of drug-likeness (QED) is 0.452. The fourth-order valence-electron chi connectivity index (χ4n) is 3.03. The third-order valence-electron chi connectivity index (χ3n) is 4.62. The molecule has 0 saturated carbocycles. The van der Waals surface area contributed by atoms with Crippen LogP contribution in [0.5, 0.6) is 5.75 Å². The van der Waals surface area contributed by atoms with E-state index in [0.717, 1.165) is 0 Å². The molecule has 0 saturated heterocycles. The first-order valence-electron chi connectivity index (χ1n) is 9.98. The second-order valence-electron chi connectivity index (χ2n) is 6.82. The summed E-state index contributed by atoms with van der Waals surface area (Å²) in [5.74, 6) is 0.945. The van der Waals surface area contributed by atoms with Crippen LogP contribution in [0.2, 0.25) is 5.02 Å². The summed E-state index contributed by atoms with van der Waals surface area (Å²) in [5, 5.41) is 15.4. The van der Waals surface area contributed by atoms with Crippen LogP contribution in [0.1, 0.15) is 36.1 Å². The molecule has 0 fully saturated rings. The van der Waals surface area contributed by atoms with E-state index in [-0.39, 0.29) is 23.6 Å². The van der Waals surface area contributed by atoms with Gasteiger partial charge in [-0.2, -0.15) is 0 Å². The van der Waals surface area contributed by atoms with Gasteiger partial charge in [0.15, 0.2) is 11.0 Å². The van der Waals surface area contributed by atoms with E-state index in [9.17, 15) is 9.59 Å². The molecule has 1 atom stereocenters. The standard InChI is InChI=1S/C22H24ClN5O3S/c1-4-28-20(14(2)24-21(30)15-9-11-16(23)12-10-15)26-27-22(28)32-13-19(29)25-17-7-5-6-8-18(17)31-3/h5-12,14H,4,13H2,1-3H3,(H,24,30)(H,25,29)/t14-/m1/s1. The largest absolute Gasteiger partial charge is 0.495 e. The molecule has 0 aliphatic carbocycles. The Morgan fingerprint density at radius 3 is 2.56 bits per heavy atom. The van der Waals surface area contributed by atoms with E-state index in [0.29, 0.717) is 39.5 Å². The molecule has 3 rings (SSSR count). The fraction of sp³-hybridized carbons (Fsp3) is 0.273. The zero-order valence-corrected chi connectivity index (χ0v) is 19.5. The third-order valence-corrected chi connectivity index (χ3v) is 5.84. The Kier molecular flexibility index (Phi) is 8.13. The Morgan fingerprint density at radius 2 is 1.88 bits per heavy atom. The maximum atomic E-state index is 12.5. The van der Waals surface area contributed by atoms with Crippen molar-refractivity contribution < 1.29 is 14.3 Å². The lowest BCUT2D eigenvalue weighted by atomic mass is 10.2. The number of thioether (sulfide) groups is 1. The molecule has 0 aliphatic heterocycles. The Labute approximate surface area is 195 Å². The minimum atomic E-state index is -0.373. The molecule has 0 aliphatic rings. The number of nitrogens with zero attached hydrogens (tertiary/aromatic N) is 3. The van der Waals surface area contributed by atoms with Gasteiger partial charge in [-0.3, -0.25) is 9.59 Å². The van der Waals surface area contributed by atoms with E-state index in [4.69, 9.17) is 16.3 Å². The number of nitrogens with one attached hydrogen (secondary N) is 2. The van der Waals surface area contributed by atoms with E-state index >= 15 is 0 Å². The van der Waals surface area contributed by atoms with E-state index in [1.807, 2.05) is 30.5 Å². The van der Waals surface area contributed by atoms with Gasteiger partial charge in [-0.15, -0.1) is 10.2 Å². The van der Waals surface area contributed by atoms with Crippen molar-refractivity contribution >= 4 is 40.9 Å². The van der Waals surface area contributed by atoms with Gasteiger partial charge in [-0.1, -0.05) is 35.5 Å². The number of anilines is 1. The van der Waals surface area contributed by atoms with Crippen LogP contribution in [-0.2, 0) is 11.3 Å². The molecule has 2 aromatic carbocycles. The molecular formula is C22H24ClN5O3S. The topological polar surface area (TPSA) is 98.1 Å². The van der Waals surface area contributed by atoms with Crippen LogP contribution in [0.25, 0.3) is 0 Å². The van der Waals surface area contributed by atoms with Gasteiger partial charge in [-0.05, 0) is 50.2 Å². The molecule has 2 N–H and O–H groups in total. The Morgan fingerprint density at radius 1 is 1.16 bits per heavy atom. The minimum absolute atomic E-state index is 0.154. The van der Waals surface area contributed by atoms with Gasteiger partial charge in [0.05, 0.1) is 24.6 Å². The lowest BCUT2D eigenvalue weighted by Crippen LogP contribution is -2.28. The van der Waals surface area contributed by atoms with E-state index < -0.39 is 0 Å². The summed E-state index contributed by atoms with van der Waals surface area (Å²) >= 11 is 7.16. The number of hydrogen-bond acceptors (Lipinski definition) is 6. The number of methoxy groups -OCH3 is 1. The van der Waals surface area contributed by atoms with Crippen molar-refractivity contribution in [3.63, 3.8) is 0 Å². The number of hydrogen-bond donors (Lipinski definition) is 2. The minimum Gasteiger partial charge on any atom is -0.495 e. The smallest absolute Gasteiger partial charge is 0.251 e. The van der Waals surface area contributed by atoms with Crippen molar-refractivity contribution in [3.05, 3.63) is 64.9 Å². The summed E-state index contributed by atoms with van der Waals surface area (Å²) in [4.78, 5) is 24.9. The molecule has 168 valence electrons. The van der Waals surface area contributed by atoms with Crippen LogP contribution in [-0.4, -0.2) is 39.4 Å². The molecule has 32 heavy (non-hydrogen) atoms. The van der Waals surface area contributed by atoms with Gasteiger partial charge in [0.1, 0.15) is 5.75 Å². The van der Waals surface area contributed by atoms with Crippen molar-refractivity contribution in [1.29, 1.82) is 0 Å². The van der Waals surface area contributed by atoms with Gasteiger partial charge < -0.3 is 19.9 Å². The monoisotopic (exact) mass is 473 g/mol. The number of carbonyl (C=O) groups excluding carboxylic acids is 2. The second kappa shape index (κ2) is 11.0. The van der Waals surface area contributed by atoms with Crippen molar-refractivity contribution in [2.45, 2.75) is 31.6 Å². The third kappa shape index (κ3) is 5.80. The summed E-state index contributed by atoms with van der Waals surface area (Å²) in [7, 11) is 1.55. The van der Waals surface area contributed by atoms with Crippen molar-refractivity contribution in [3.8, 4) is 5.75 Å². The highest BCUT2D eigenvalue weighted by Crippen LogP contribution is 2.25. The molecular weight excluding hydrogens is 450 g/mol. The first-order chi connectivity index (χ1) is 15.4. The SMILES string of the molecule is CCn1c(SCC(=O)Nc2ccccc2OC)nnc1[C@@H](C)NC(=O)c1ccc(Cl)cc1. The van der Waals surface area contributed by atoms with E-state index in [1.54, 1.807) is 43.5 Å². The molecule has 0 radical (unpaired) electrons. The number of carbonyl (C=O) groups is 2. The number of amides is 2. The molecule has 3 aromatic rings. The summed E-state index contributed by atoms with van der Waals surface area (Å²) in [6, 6.07) is 13.5. The van der Waals surface area contributed by atoms with E-state index in [2.05, 4.69) is 20.8 Å². The summed E-state index contributed by atoms with van der Waals surface area (Å²) in [6.45, 7) is 4.40. The van der Waals surface area contributed by atoms with Gasteiger partial charge in [0.25, 0.3) is 5.91 Å². The highest BCUT2D eigenvalue weighted by molar-refractivity contribution is 7.99. The maximum Gasteiger partial charge on any atom is 0.251 e. The highest BCUT2D eigenvalue weighted by atomic mass is 35.5. The van der Waals surface area contributed by atoms with E-state index in [1.165, 1.54) is 11.8 Å². The first-order valence-corrected chi connectivity index (χ1v) is 11.3. The molecule has 0 spiro atoms. The van der Waals surface area contributed by atoms with Crippen LogP contribution < -0.4 is 15.4 Å². The fourth-order valence-corrected chi connectivity index (χ4v) is 3.97. The van der Waals surface area contributed by atoms with Crippen LogP contribution in [0, 0.1) is 0 Å². The lowest BCUT2D eigenvalue weighted by molar-refractivity contribution is -0.113. The van der Waals surface area contributed by atoms with Gasteiger partial charge in [0, 0.05) is 17.1 Å². The summed E-state index contributed by atoms with van der Waals surface area (Å²) < 4.78 is 7.14. The molecule has 0 unspecified atom stereocenters. The van der Waals surface area contributed by atoms with Crippen LogP contribution >= 0.6 is 23.4 Å². The molecule has 2 amide bonds. The zero-order valence-electron chi connectivity index (χ0n) is 18.0. The predicted molar refractivity (Wildman–Crippen MR) is 125 cm³/mol. The maximum absolute atomic E-state index is 12.5. The molecule has 1 heterocycles. The van der Waals surface area contributed by atoms with Crippen LogP contribution in [0.4, 0.5) is 5.69 Å². The summed E-state index contributed by atoms with van der Waals surface area (Å²) in [6.07, 6.45) is 0. The zero-order chi connectivity index (χ0) is 23.1. The molecule has 1 aromatic heterocycles. The Bertz CT molecular complexity index is 1090.